The summed E-state index contributed by atoms with van der Waals surface area (Å²) in [5.41, 5.74) is 3.00. The second-order valence-corrected chi connectivity index (χ2v) is 6.11. The van der Waals surface area contributed by atoms with Gasteiger partial charge in [0.05, 0.1) is 11.1 Å². The van der Waals surface area contributed by atoms with Gasteiger partial charge in [0.1, 0.15) is 0 Å². The van der Waals surface area contributed by atoms with E-state index in [9.17, 15) is 9.90 Å². The minimum atomic E-state index is -0.868. The van der Waals surface area contributed by atoms with Gasteiger partial charge in [0.25, 0.3) is 0 Å². The van der Waals surface area contributed by atoms with Crippen molar-refractivity contribution in [1.82, 2.24) is 4.98 Å². The summed E-state index contributed by atoms with van der Waals surface area (Å²) < 4.78 is 0.795. The molecule has 0 unspecified atom stereocenters. The van der Waals surface area contributed by atoms with Gasteiger partial charge >= 0.3 is 5.97 Å². The van der Waals surface area contributed by atoms with Crippen LogP contribution in [0.25, 0.3) is 10.9 Å². The number of aromatic carboxylic acids is 1. The van der Waals surface area contributed by atoms with Gasteiger partial charge in [-0.2, -0.15) is 11.8 Å². The second-order valence-electron chi connectivity index (χ2n) is 4.15. The molecule has 18 heavy (non-hydrogen) atoms. The zero-order chi connectivity index (χ0) is 12.7. The molecule has 0 amide bonds. The summed E-state index contributed by atoms with van der Waals surface area (Å²) in [6.07, 6.45) is 0.850. The Balaban J connectivity index is 2.45. The predicted molar refractivity (Wildman–Crippen MR) is 76.3 cm³/mol. The number of carbonyl (C=O) groups is 1. The highest BCUT2D eigenvalue weighted by Crippen LogP contribution is 2.34. The standard InChI is InChI=1S/C13H10BrNO2S/c14-8-2-1-3-10-12(8)11(13(16)17)7-6-18-5-4-9(7)15-10/h1-3H,4-6H2,(H,16,17). The van der Waals surface area contributed by atoms with Gasteiger partial charge in [0, 0.05) is 21.3 Å². The molecule has 1 aliphatic heterocycles. The molecule has 3 nitrogen and oxygen atoms in total. The van der Waals surface area contributed by atoms with Gasteiger partial charge < -0.3 is 5.11 Å². The first-order valence-electron chi connectivity index (χ1n) is 5.59. The van der Waals surface area contributed by atoms with Crippen LogP contribution < -0.4 is 0 Å². The lowest BCUT2D eigenvalue weighted by Crippen LogP contribution is -2.13. The van der Waals surface area contributed by atoms with Crippen LogP contribution in [0, 0.1) is 0 Å². The average Bonchev–Trinajstić information content (AvgIpc) is 2.36. The molecule has 2 aromatic rings. The largest absolute Gasteiger partial charge is 0.478 e. The Hall–Kier alpha value is -1.07. The Kier molecular flexibility index (Phi) is 3.03. The number of rotatable bonds is 1. The van der Waals surface area contributed by atoms with Crippen LogP contribution in [0.4, 0.5) is 0 Å². The fraction of sp³-hybridized carbons (Fsp3) is 0.231. The molecule has 3 rings (SSSR count). The normalized spacial score (nSPS) is 14.5. The molecule has 0 saturated carbocycles. The molecule has 0 atom stereocenters. The van der Waals surface area contributed by atoms with E-state index in [0.29, 0.717) is 10.9 Å². The van der Waals surface area contributed by atoms with E-state index in [4.69, 9.17) is 0 Å². The number of thioether (sulfide) groups is 1. The molecule has 92 valence electrons. The minimum Gasteiger partial charge on any atom is -0.478 e. The number of pyridine rings is 1. The summed E-state index contributed by atoms with van der Waals surface area (Å²) in [5, 5.41) is 10.2. The first kappa shape index (κ1) is 12.0. The van der Waals surface area contributed by atoms with Crippen LogP contribution in [0.3, 0.4) is 0 Å². The lowest BCUT2D eigenvalue weighted by molar-refractivity contribution is 0.0698. The SMILES string of the molecule is O=C(O)c1c2c(nc3cccc(Br)c13)CCSC2. The smallest absolute Gasteiger partial charge is 0.336 e. The van der Waals surface area contributed by atoms with E-state index in [2.05, 4.69) is 20.9 Å². The monoisotopic (exact) mass is 323 g/mol. The van der Waals surface area contributed by atoms with Crippen LogP contribution in [-0.4, -0.2) is 21.8 Å². The second kappa shape index (κ2) is 4.55. The third-order valence-corrected chi connectivity index (χ3v) is 4.74. The van der Waals surface area contributed by atoms with Crippen LogP contribution >= 0.6 is 27.7 Å². The summed E-state index contributed by atoms with van der Waals surface area (Å²) in [7, 11) is 0. The molecule has 0 radical (unpaired) electrons. The highest BCUT2D eigenvalue weighted by Gasteiger charge is 2.23. The number of carboxylic acid groups (broad SMARTS) is 1. The van der Waals surface area contributed by atoms with E-state index >= 15 is 0 Å². The van der Waals surface area contributed by atoms with Crippen molar-refractivity contribution in [2.24, 2.45) is 0 Å². The van der Waals surface area contributed by atoms with Crippen molar-refractivity contribution in [3.8, 4) is 0 Å². The number of halogens is 1. The third-order valence-electron chi connectivity index (χ3n) is 3.09. The number of hydrogen-bond donors (Lipinski definition) is 1. The number of fused-ring (bicyclic) bond motifs is 2. The van der Waals surface area contributed by atoms with Crippen molar-refractivity contribution >= 4 is 44.6 Å². The van der Waals surface area contributed by atoms with Gasteiger partial charge in [0.15, 0.2) is 0 Å². The van der Waals surface area contributed by atoms with E-state index in [-0.39, 0.29) is 0 Å². The first-order chi connectivity index (χ1) is 8.68. The summed E-state index contributed by atoms with van der Waals surface area (Å²) in [5.74, 6) is 0.882. The van der Waals surface area contributed by atoms with Gasteiger partial charge in [-0.25, -0.2) is 4.79 Å². The highest BCUT2D eigenvalue weighted by molar-refractivity contribution is 9.10. The van der Waals surface area contributed by atoms with Gasteiger partial charge in [-0.05, 0) is 29.9 Å². The first-order valence-corrected chi connectivity index (χ1v) is 7.54. The molecule has 5 heteroatoms. The topological polar surface area (TPSA) is 50.2 Å². The summed E-state index contributed by atoms with van der Waals surface area (Å²) in [4.78, 5) is 16.2. The lowest BCUT2D eigenvalue weighted by Gasteiger charge is -2.19. The van der Waals surface area contributed by atoms with Gasteiger partial charge in [-0.15, -0.1) is 0 Å². The number of aryl methyl sites for hydroxylation is 1. The molecule has 0 bridgehead atoms. The third kappa shape index (κ3) is 1.82. The maximum atomic E-state index is 11.6. The average molecular weight is 324 g/mol. The molecule has 1 aliphatic rings. The molecule has 0 fully saturated rings. The molecule has 0 aliphatic carbocycles. The Bertz CT molecular complexity index is 657. The van der Waals surface area contributed by atoms with Crippen molar-refractivity contribution in [3.05, 3.63) is 39.5 Å². The maximum Gasteiger partial charge on any atom is 0.336 e. The molecular formula is C13H10BrNO2S. The van der Waals surface area contributed by atoms with E-state index in [1.165, 1.54) is 0 Å². The Morgan fingerprint density at radius 1 is 1.44 bits per heavy atom. The fourth-order valence-electron chi connectivity index (χ4n) is 2.30. The van der Waals surface area contributed by atoms with Crippen LogP contribution in [0.1, 0.15) is 21.6 Å². The minimum absolute atomic E-state index is 0.412. The molecule has 2 heterocycles. The van der Waals surface area contributed by atoms with Crippen LogP contribution in [-0.2, 0) is 12.2 Å². The number of aromatic nitrogens is 1. The zero-order valence-corrected chi connectivity index (χ0v) is 11.8. The van der Waals surface area contributed by atoms with Crippen LogP contribution in [0.15, 0.2) is 22.7 Å². The van der Waals surface area contributed by atoms with Crippen molar-refractivity contribution in [2.75, 3.05) is 5.75 Å². The Morgan fingerprint density at radius 3 is 3.06 bits per heavy atom. The summed E-state index contributed by atoms with van der Waals surface area (Å²) in [6.45, 7) is 0. The van der Waals surface area contributed by atoms with E-state index < -0.39 is 5.97 Å². The number of carboxylic acids is 1. The van der Waals surface area contributed by atoms with Crippen LogP contribution in [0.5, 0.6) is 0 Å². The quantitative estimate of drug-likeness (QED) is 0.872. The number of benzene rings is 1. The van der Waals surface area contributed by atoms with Crippen molar-refractivity contribution < 1.29 is 9.90 Å². The van der Waals surface area contributed by atoms with E-state index in [1.807, 2.05) is 18.2 Å². The lowest BCUT2D eigenvalue weighted by atomic mass is 10.00. The van der Waals surface area contributed by atoms with E-state index in [1.54, 1.807) is 11.8 Å². The van der Waals surface area contributed by atoms with Crippen molar-refractivity contribution in [2.45, 2.75) is 12.2 Å². The number of nitrogens with zero attached hydrogens (tertiary/aromatic N) is 1. The number of hydrogen-bond acceptors (Lipinski definition) is 3. The van der Waals surface area contributed by atoms with Crippen molar-refractivity contribution in [1.29, 1.82) is 0 Å². The predicted octanol–water partition coefficient (Wildman–Crippen LogP) is 3.48. The van der Waals surface area contributed by atoms with E-state index in [0.717, 1.165) is 39.2 Å². The Labute approximate surface area is 117 Å². The Morgan fingerprint density at radius 2 is 2.28 bits per heavy atom. The fourth-order valence-corrected chi connectivity index (χ4v) is 3.85. The summed E-state index contributed by atoms with van der Waals surface area (Å²) >= 11 is 5.20. The highest BCUT2D eigenvalue weighted by atomic mass is 79.9. The molecule has 0 spiro atoms. The van der Waals surface area contributed by atoms with Gasteiger partial charge in [-0.1, -0.05) is 22.0 Å². The zero-order valence-electron chi connectivity index (χ0n) is 9.44. The maximum absolute atomic E-state index is 11.6. The molecule has 1 aromatic heterocycles. The van der Waals surface area contributed by atoms with Crippen molar-refractivity contribution in [3.63, 3.8) is 0 Å². The van der Waals surface area contributed by atoms with Gasteiger partial charge in [0.2, 0.25) is 0 Å². The molecule has 0 saturated heterocycles. The molecule has 1 aromatic carbocycles. The van der Waals surface area contributed by atoms with Gasteiger partial charge in [-0.3, -0.25) is 4.98 Å². The molecular weight excluding hydrogens is 314 g/mol. The molecule has 1 N–H and O–H groups in total. The summed E-state index contributed by atoms with van der Waals surface area (Å²) in [6, 6.07) is 5.61. The van der Waals surface area contributed by atoms with Crippen LogP contribution in [0.2, 0.25) is 0 Å².